The van der Waals surface area contributed by atoms with Gasteiger partial charge in [-0.25, -0.2) is 4.79 Å². The molecular weight excluding hydrogens is 208 g/mol. The highest BCUT2D eigenvalue weighted by Crippen LogP contribution is 1.95. The van der Waals surface area contributed by atoms with E-state index in [1.807, 2.05) is 25.9 Å². The second-order valence-corrected chi connectivity index (χ2v) is 3.88. The van der Waals surface area contributed by atoms with Gasteiger partial charge in [0.2, 0.25) is 0 Å². The number of nitrogens with zero attached hydrogens (tertiary/aromatic N) is 3. The maximum atomic E-state index is 11.4. The lowest BCUT2D eigenvalue weighted by Gasteiger charge is -2.20. The molecule has 16 heavy (non-hydrogen) atoms. The van der Waals surface area contributed by atoms with Gasteiger partial charge in [0, 0.05) is 18.8 Å². The van der Waals surface area contributed by atoms with Crippen LogP contribution in [0.1, 0.15) is 12.5 Å². The molecule has 1 atom stereocenters. The zero-order valence-corrected chi connectivity index (χ0v) is 9.52. The molecule has 1 heterocycles. The van der Waals surface area contributed by atoms with Crippen LogP contribution >= 0.6 is 0 Å². The first-order valence-electron chi connectivity index (χ1n) is 4.86. The molecular formula is C10H14N4O2. The molecule has 0 radical (unpaired) electrons. The number of nitrogens with one attached hydrogen (secondary N) is 1. The molecule has 0 bridgehead atoms. The largest absolute Gasteiger partial charge is 0.328 e. The molecule has 0 spiro atoms. The molecule has 0 amide bonds. The fourth-order valence-corrected chi connectivity index (χ4v) is 1.17. The van der Waals surface area contributed by atoms with Crippen molar-refractivity contribution in [2.24, 2.45) is 0 Å². The zero-order chi connectivity index (χ0) is 12.3. The summed E-state index contributed by atoms with van der Waals surface area (Å²) < 4.78 is 1.34. The Morgan fingerprint density at radius 3 is 2.69 bits per heavy atom. The topological polar surface area (TPSA) is 81.9 Å². The summed E-state index contributed by atoms with van der Waals surface area (Å²) in [6.07, 6.45) is 1.29. The molecule has 0 unspecified atom stereocenters. The number of hydrogen-bond donors (Lipinski definition) is 1. The molecule has 0 aliphatic carbocycles. The maximum absolute atomic E-state index is 11.4. The van der Waals surface area contributed by atoms with E-state index in [9.17, 15) is 9.59 Å². The maximum Gasteiger partial charge on any atom is 0.328 e. The van der Waals surface area contributed by atoms with Gasteiger partial charge in [0.15, 0.2) is 0 Å². The molecule has 6 heteroatoms. The monoisotopic (exact) mass is 222 g/mol. The zero-order valence-electron chi connectivity index (χ0n) is 9.52. The Labute approximate surface area is 92.7 Å². The second-order valence-electron chi connectivity index (χ2n) is 3.88. The molecule has 1 N–H and O–H groups in total. The van der Waals surface area contributed by atoms with Crippen LogP contribution in [0.5, 0.6) is 0 Å². The average Bonchev–Trinajstić information content (AvgIpc) is 2.21. The summed E-state index contributed by atoms with van der Waals surface area (Å²) in [5.74, 6) is 0. The van der Waals surface area contributed by atoms with Crippen molar-refractivity contribution in [1.29, 1.82) is 5.26 Å². The Balaban J connectivity index is 3.12. The van der Waals surface area contributed by atoms with E-state index in [0.29, 0.717) is 6.54 Å². The van der Waals surface area contributed by atoms with Crippen LogP contribution < -0.4 is 11.2 Å². The van der Waals surface area contributed by atoms with E-state index in [1.54, 1.807) is 6.07 Å². The molecule has 1 aromatic heterocycles. The molecule has 1 aromatic rings. The lowest BCUT2D eigenvalue weighted by Crippen LogP contribution is -2.37. The summed E-state index contributed by atoms with van der Waals surface area (Å²) in [6.45, 7) is 2.38. The van der Waals surface area contributed by atoms with E-state index in [0.717, 1.165) is 0 Å². The van der Waals surface area contributed by atoms with Gasteiger partial charge in [-0.05, 0) is 21.0 Å². The number of hydrogen-bond acceptors (Lipinski definition) is 4. The summed E-state index contributed by atoms with van der Waals surface area (Å²) in [5, 5.41) is 8.68. The van der Waals surface area contributed by atoms with Crippen molar-refractivity contribution in [3.05, 3.63) is 32.6 Å². The Morgan fingerprint density at radius 2 is 2.19 bits per heavy atom. The predicted molar refractivity (Wildman–Crippen MR) is 59.2 cm³/mol. The quantitative estimate of drug-likeness (QED) is 0.737. The van der Waals surface area contributed by atoms with Crippen molar-refractivity contribution in [3.63, 3.8) is 0 Å². The minimum Gasteiger partial charge on any atom is -0.305 e. The van der Waals surface area contributed by atoms with Crippen LogP contribution in [0.15, 0.2) is 15.8 Å². The van der Waals surface area contributed by atoms with Crippen LogP contribution in [0.3, 0.4) is 0 Å². The smallest absolute Gasteiger partial charge is 0.305 e. The molecule has 0 aromatic carbocycles. The Bertz CT molecular complexity index is 521. The SMILES string of the molecule is C[C@@H](Cn1cc(C#N)c(=O)[nH]c1=O)N(C)C. The summed E-state index contributed by atoms with van der Waals surface area (Å²) in [7, 11) is 3.79. The summed E-state index contributed by atoms with van der Waals surface area (Å²) in [6, 6.07) is 1.88. The third kappa shape index (κ3) is 2.58. The first kappa shape index (κ1) is 12.2. The summed E-state index contributed by atoms with van der Waals surface area (Å²) in [5.41, 5.74) is -1.18. The molecule has 0 aliphatic heterocycles. The minimum atomic E-state index is -0.638. The van der Waals surface area contributed by atoms with E-state index in [-0.39, 0.29) is 11.6 Å². The van der Waals surface area contributed by atoms with Crippen LogP contribution in [0.4, 0.5) is 0 Å². The summed E-state index contributed by atoms with van der Waals surface area (Å²) in [4.78, 5) is 26.6. The molecule has 1 rings (SSSR count). The predicted octanol–water partition coefficient (Wildman–Crippen LogP) is -0.642. The van der Waals surface area contributed by atoms with Crippen molar-refractivity contribution in [1.82, 2.24) is 14.5 Å². The van der Waals surface area contributed by atoms with Gasteiger partial charge in [0.05, 0.1) is 0 Å². The van der Waals surface area contributed by atoms with Crippen LogP contribution in [0.25, 0.3) is 0 Å². The van der Waals surface area contributed by atoms with Gasteiger partial charge in [0.1, 0.15) is 11.6 Å². The van der Waals surface area contributed by atoms with E-state index < -0.39 is 11.2 Å². The number of aromatic nitrogens is 2. The van der Waals surface area contributed by atoms with Crippen molar-refractivity contribution >= 4 is 0 Å². The van der Waals surface area contributed by atoms with E-state index in [4.69, 9.17) is 5.26 Å². The van der Waals surface area contributed by atoms with Crippen molar-refractivity contribution in [3.8, 4) is 6.07 Å². The molecule has 0 fully saturated rings. The number of aromatic amines is 1. The van der Waals surface area contributed by atoms with Crippen LogP contribution in [0.2, 0.25) is 0 Å². The average molecular weight is 222 g/mol. The highest BCUT2D eigenvalue weighted by Gasteiger charge is 2.09. The fraction of sp³-hybridized carbons (Fsp3) is 0.500. The van der Waals surface area contributed by atoms with Crippen molar-refractivity contribution in [2.45, 2.75) is 19.5 Å². The Kier molecular flexibility index (Phi) is 3.64. The van der Waals surface area contributed by atoms with Crippen LogP contribution in [-0.4, -0.2) is 34.6 Å². The van der Waals surface area contributed by atoms with Gasteiger partial charge >= 0.3 is 5.69 Å². The normalized spacial score (nSPS) is 12.4. The third-order valence-corrected chi connectivity index (χ3v) is 2.47. The van der Waals surface area contributed by atoms with E-state index in [1.165, 1.54) is 10.8 Å². The van der Waals surface area contributed by atoms with Gasteiger partial charge in [-0.2, -0.15) is 5.26 Å². The lowest BCUT2D eigenvalue weighted by molar-refractivity contribution is 0.280. The number of likely N-dealkylation sites (N-methyl/N-ethyl adjacent to an activating group) is 1. The highest BCUT2D eigenvalue weighted by molar-refractivity contribution is 5.21. The molecule has 86 valence electrons. The first-order valence-corrected chi connectivity index (χ1v) is 4.86. The van der Waals surface area contributed by atoms with Gasteiger partial charge < -0.3 is 4.90 Å². The summed E-state index contributed by atoms with van der Waals surface area (Å²) >= 11 is 0. The van der Waals surface area contributed by atoms with Gasteiger partial charge in [-0.15, -0.1) is 0 Å². The van der Waals surface area contributed by atoms with Crippen LogP contribution in [0, 0.1) is 11.3 Å². The second kappa shape index (κ2) is 4.77. The van der Waals surface area contributed by atoms with Gasteiger partial charge in [-0.1, -0.05) is 0 Å². The molecule has 6 nitrogen and oxygen atoms in total. The standard InChI is InChI=1S/C10H14N4O2/c1-7(13(2)3)5-14-6-8(4-11)9(15)12-10(14)16/h6-7H,5H2,1-3H3,(H,12,15,16)/t7-/m0/s1. The Morgan fingerprint density at radius 1 is 1.56 bits per heavy atom. The number of nitriles is 1. The third-order valence-electron chi connectivity index (χ3n) is 2.47. The number of rotatable bonds is 3. The molecule has 0 saturated carbocycles. The molecule has 0 saturated heterocycles. The lowest BCUT2D eigenvalue weighted by atomic mass is 10.3. The van der Waals surface area contributed by atoms with E-state index in [2.05, 4.69) is 4.98 Å². The first-order chi connectivity index (χ1) is 7.45. The Hall–Kier alpha value is -1.87. The van der Waals surface area contributed by atoms with Crippen molar-refractivity contribution in [2.75, 3.05) is 14.1 Å². The van der Waals surface area contributed by atoms with Crippen LogP contribution in [-0.2, 0) is 6.54 Å². The van der Waals surface area contributed by atoms with E-state index >= 15 is 0 Å². The van der Waals surface area contributed by atoms with Gasteiger partial charge in [0.25, 0.3) is 5.56 Å². The van der Waals surface area contributed by atoms with Gasteiger partial charge in [-0.3, -0.25) is 14.3 Å². The highest BCUT2D eigenvalue weighted by atomic mass is 16.2. The molecule has 0 aliphatic rings. The van der Waals surface area contributed by atoms with Crippen molar-refractivity contribution < 1.29 is 0 Å². The fourth-order valence-electron chi connectivity index (χ4n) is 1.17. The number of H-pyrrole nitrogens is 1. The minimum absolute atomic E-state index is 0.0504.